The molecule has 4 rings (SSSR count). The molecule has 0 aliphatic heterocycles. The Morgan fingerprint density at radius 3 is 2.60 bits per heavy atom. The molecule has 9 nitrogen and oxygen atoms in total. The molecule has 0 atom stereocenters. The summed E-state index contributed by atoms with van der Waals surface area (Å²) in [5.41, 5.74) is 7.17. The second kappa shape index (κ2) is 7.53. The molecule has 3 aromatic heterocycles. The molecule has 3 heterocycles. The van der Waals surface area contributed by atoms with Gasteiger partial charge >= 0.3 is 11.7 Å². The zero-order valence-corrected chi connectivity index (χ0v) is 16.5. The van der Waals surface area contributed by atoms with Crippen molar-refractivity contribution < 1.29 is 14.7 Å². The molecule has 0 saturated heterocycles. The number of nitrogens with zero attached hydrogens (tertiary/aromatic N) is 2. The average molecular weight is 429 g/mol. The number of carbonyl (C=O) groups excluding carboxylic acids is 1. The van der Waals surface area contributed by atoms with E-state index in [0.717, 1.165) is 0 Å². The van der Waals surface area contributed by atoms with Gasteiger partial charge in [0.15, 0.2) is 0 Å². The zero-order chi connectivity index (χ0) is 20.9. The lowest BCUT2D eigenvalue weighted by Gasteiger charge is -2.07. The molecule has 4 aromatic rings. The minimum absolute atomic E-state index is 0. The van der Waals surface area contributed by atoms with Crippen molar-refractivity contribution in [1.29, 1.82) is 0 Å². The van der Waals surface area contributed by atoms with Crippen LogP contribution in [0, 0.1) is 6.92 Å². The number of aliphatic carboxylic acids is 1. The number of nitrogen functional groups attached to an aromatic ring is 1. The van der Waals surface area contributed by atoms with Gasteiger partial charge in [0.1, 0.15) is 6.54 Å². The fraction of sp³-hybridized carbons (Fsp3) is 0.100. The van der Waals surface area contributed by atoms with E-state index in [1.807, 2.05) is 12.1 Å². The Labute approximate surface area is 174 Å². The fourth-order valence-corrected chi connectivity index (χ4v) is 3.45. The lowest BCUT2D eigenvalue weighted by Crippen LogP contribution is -2.37. The lowest BCUT2D eigenvalue weighted by molar-refractivity contribution is -0.137. The number of H-pyrrole nitrogens is 1. The van der Waals surface area contributed by atoms with E-state index >= 15 is 0 Å². The minimum atomic E-state index is -1.31. The Hall–Kier alpha value is -3.85. The first-order chi connectivity index (χ1) is 13.8. The molecule has 10 heteroatoms. The summed E-state index contributed by atoms with van der Waals surface area (Å²) in [5.74, 6) is -1.63. The maximum absolute atomic E-state index is 13.2. The highest BCUT2D eigenvalue weighted by Crippen LogP contribution is 2.27. The van der Waals surface area contributed by atoms with Crippen LogP contribution in [-0.2, 0) is 11.3 Å². The molecule has 0 amide bonds. The van der Waals surface area contributed by atoms with E-state index in [1.165, 1.54) is 18.2 Å². The number of carboxylic acid groups (broad SMARTS) is 1. The first kappa shape index (κ1) is 20.9. The maximum Gasteiger partial charge on any atom is 0.329 e. The molecule has 1 aromatic carbocycles. The van der Waals surface area contributed by atoms with E-state index in [9.17, 15) is 19.2 Å². The number of carboxylic acids is 1. The molecule has 0 bridgehead atoms. The van der Waals surface area contributed by atoms with Crippen molar-refractivity contribution in [2.24, 2.45) is 0 Å². The molecular weight excluding hydrogens is 412 g/mol. The highest BCUT2D eigenvalue weighted by Gasteiger charge is 2.21. The van der Waals surface area contributed by atoms with E-state index in [1.54, 1.807) is 23.6 Å². The van der Waals surface area contributed by atoms with Crippen LogP contribution in [0.3, 0.4) is 0 Å². The third-order valence-electron chi connectivity index (χ3n) is 4.89. The third-order valence-corrected chi connectivity index (χ3v) is 4.89. The zero-order valence-electron chi connectivity index (χ0n) is 15.7. The van der Waals surface area contributed by atoms with Crippen molar-refractivity contribution in [1.82, 2.24) is 14.0 Å². The Balaban J connectivity index is 0.00000256. The maximum atomic E-state index is 13.2. The number of pyridine rings is 1. The first-order valence-corrected chi connectivity index (χ1v) is 8.68. The fourth-order valence-electron chi connectivity index (χ4n) is 3.45. The SMILES string of the molecule is Cc1c(N)c2ccccn2c1C(=O)c1ccc2c(=O)n(CC(=O)O)c(=O)[nH]c2c1.Cl. The summed E-state index contributed by atoms with van der Waals surface area (Å²) in [5, 5.41) is 8.99. The van der Waals surface area contributed by atoms with Crippen LogP contribution < -0.4 is 17.0 Å². The molecule has 0 spiro atoms. The normalized spacial score (nSPS) is 10.8. The van der Waals surface area contributed by atoms with E-state index in [0.29, 0.717) is 27.0 Å². The van der Waals surface area contributed by atoms with Gasteiger partial charge in [0.25, 0.3) is 5.56 Å². The molecule has 0 saturated carbocycles. The molecule has 0 radical (unpaired) electrons. The molecule has 0 aliphatic carbocycles. The average Bonchev–Trinajstić information content (AvgIpc) is 2.95. The van der Waals surface area contributed by atoms with Crippen molar-refractivity contribution in [3.05, 3.63) is 80.3 Å². The lowest BCUT2D eigenvalue weighted by atomic mass is 10.0. The molecule has 30 heavy (non-hydrogen) atoms. The van der Waals surface area contributed by atoms with Crippen molar-refractivity contribution >= 4 is 46.3 Å². The summed E-state index contributed by atoms with van der Waals surface area (Å²) < 4.78 is 2.29. The van der Waals surface area contributed by atoms with E-state index in [2.05, 4.69) is 4.98 Å². The topological polar surface area (TPSA) is 140 Å². The van der Waals surface area contributed by atoms with Crippen LogP contribution in [0.15, 0.2) is 52.2 Å². The first-order valence-electron chi connectivity index (χ1n) is 8.68. The van der Waals surface area contributed by atoms with Gasteiger partial charge in [-0.3, -0.25) is 14.4 Å². The van der Waals surface area contributed by atoms with Crippen molar-refractivity contribution in [3.63, 3.8) is 0 Å². The van der Waals surface area contributed by atoms with Crippen molar-refractivity contribution in [3.8, 4) is 0 Å². The molecule has 4 N–H and O–H groups in total. The standard InChI is InChI=1S/C20H16N4O5.ClH/c1-10-16(21)14-4-2-3-7-23(14)17(10)18(27)11-5-6-12-13(8-11)22-20(29)24(19(12)28)9-15(25)26;/h2-8H,9,21H2,1H3,(H,22,29)(H,25,26);1H. The molecule has 0 aliphatic rings. The van der Waals surface area contributed by atoms with Crippen LogP contribution in [0.4, 0.5) is 5.69 Å². The highest BCUT2D eigenvalue weighted by molar-refractivity contribution is 6.12. The van der Waals surface area contributed by atoms with Crippen molar-refractivity contribution in [2.45, 2.75) is 13.5 Å². The summed E-state index contributed by atoms with van der Waals surface area (Å²) in [6.07, 6.45) is 1.74. The predicted molar refractivity (Wildman–Crippen MR) is 114 cm³/mol. The number of anilines is 1. The number of aromatic amines is 1. The van der Waals surface area contributed by atoms with Crippen molar-refractivity contribution in [2.75, 3.05) is 5.73 Å². The second-order valence-corrected chi connectivity index (χ2v) is 6.65. The van der Waals surface area contributed by atoms with Crippen LogP contribution in [-0.4, -0.2) is 30.8 Å². The molecular formula is C20H17ClN4O5. The monoisotopic (exact) mass is 428 g/mol. The largest absolute Gasteiger partial charge is 0.480 e. The van der Waals surface area contributed by atoms with E-state index in [4.69, 9.17) is 10.8 Å². The van der Waals surface area contributed by atoms with Gasteiger partial charge in [0, 0.05) is 17.3 Å². The quantitative estimate of drug-likeness (QED) is 0.421. The van der Waals surface area contributed by atoms with Gasteiger partial charge in [0.2, 0.25) is 5.78 Å². The van der Waals surface area contributed by atoms with E-state index < -0.39 is 23.8 Å². The second-order valence-electron chi connectivity index (χ2n) is 6.65. The van der Waals surface area contributed by atoms with Crippen LogP contribution in [0.1, 0.15) is 21.6 Å². The molecule has 0 fully saturated rings. The van der Waals surface area contributed by atoms with Gasteiger partial charge in [-0.15, -0.1) is 12.4 Å². The number of nitrogens with one attached hydrogen (secondary N) is 1. The van der Waals surface area contributed by atoms with Crippen LogP contribution in [0.25, 0.3) is 16.4 Å². The van der Waals surface area contributed by atoms with Gasteiger partial charge < -0.3 is 20.2 Å². The van der Waals surface area contributed by atoms with Gasteiger partial charge in [-0.05, 0) is 31.2 Å². The number of hydrogen-bond donors (Lipinski definition) is 3. The summed E-state index contributed by atoms with van der Waals surface area (Å²) >= 11 is 0. The third kappa shape index (κ3) is 3.15. The minimum Gasteiger partial charge on any atom is -0.480 e. The van der Waals surface area contributed by atoms with Gasteiger partial charge in [-0.1, -0.05) is 12.1 Å². The van der Waals surface area contributed by atoms with Crippen LogP contribution in [0.5, 0.6) is 0 Å². The Morgan fingerprint density at radius 1 is 1.17 bits per heavy atom. The number of nitrogens with two attached hydrogens (primary N) is 1. The molecule has 0 unspecified atom stereocenters. The number of carbonyl (C=O) groups is 2. The Morgan fingerprint density at radius 2 is 1.90 bits per heavy atom. The number of rotatable bonds is 4. The summed E-state index contributed by atoms with van der Waals surface area (Å²) in [4.78, 5) is 51.1. The number of benzene rings is 1. The molecule has 154 valence electrons. The number of aromatic nitrogens is 3. The summed E-state index contributed by atoms with van der Waals surface area (Å²) in [6, 6.07) is 9.68. The highest BCUT2D eigenvalue weighted by atomic mass is 35.5. The summed E-state index contributed by atoms with van der Waals surface area (Å²) in [7, 11) is 0. The smallest absolute Gasteiger partial charge is 0.329 e. The number of hydrogen-bond acceptors (Lipinski definition) is 5. The summed E-state index contributed by atoms with van der Waals surface area (Å²) in [6.45, 7) is 1.00. The number of fused-ring (bicyclic) bond motifs is 2. The predicted octanol–water partition coefficient (Wildman–Crippen LogP) is 1.57. The van der Waals surface area contributed by atoms with Crippen LogP contribution >= 0.6 is 12.4 Å². The Kier molecular flexibility index (Phi) is 5.24. The Bertz CT molecular complexity index is 1450. The number of ketones is 1. The van der Waals surface area contributed by atoms with Gasteiger partial charge in [0.05, 0.1) is 27.8 Å². The van der Waals surface area contributed by atoms with Gasteiger partial charge in [-0.2, -0.15) is 0 Å². The van der Waals surface area contributed by atoms with E-state index in [-0.39, 0.29) is 34.7 Å². The number of halogens is 1. The van der Waals surface area contributed by atoms with Crippen LogP contribution in [0.2, 0.25) is 0 Å². The van der Waals surface area contributed by atoms with Gasteiger partial charge in [-0.25, -0.2) is 9.36 Å².